The fourth-order valence-electron chi connectivity index (χ4n) is 2.67. The van der Waals surface area contributed by atoms with Crippen LogP contribution in [0.15, 0.2) is 24.3 Å². The molecule has 0 aliphatic carbocycles. The molecular formula is C20H28N4O9. The summed E-state index contributed by atoms with van der Waals surface area (Å²) in [5.41, 5.74) is 6.23. The lowest BCUT2D eigenvalue weighted by Gasteiger charge is -2.21. The fourth-order valence-corrected chi connectivity index (χ4v) is 2.67. The van der Waals surface area contributed by atoms with Crippen LogP contribution in [0, 0.1) is 0 Å². The zero-order chi connectivity index (χ0) is 25.1. The maximum absolute atomic E-state index is 12.6. The number of nitrogens with two attached hydrogens (primary N) is 1. The van der Waals surface area contributed by atoms with Crippen LogP contribution in [0.1, 0.15) is 25.3 Å². The van der Waals surface area contributed by atoms with Gasteiger partial charge in [0.1, 0.15) is 11.8 Å². The summed E-state index contributed by atoms with van der Waals surface area (Å²) < 4.78 is 0. The van der Waals surface area contributed by atoms with Gasteiger partial charge in [-0.25, -0.2) is 4.79 Å². The molecule has 13 heteroatoms. The smallest absolute Gasteiger partial charge is 0.328 e. The lowest BCUT2D eigenvalue weighted by molar-refractivity contribution is -0.144. The fraction of sp³-hybridized carbons (Fsp3) is 0.450. The van der Waals surface area contributed by atoms with Crippen molar-refractivity contribution in [3.05, 3.63) is 29.8 Å². The number of carbonyl (C=O) groups is 5. The van der Waals surface area contributed by atoms with Crippen molar-refractivity contribution < 1.29 is 44.4 Å². The Morgan fingerprint density at radius 3 is 2.12 bits per heavy atom. The summed E-state index contributed by atoms with van der Waals surface area (Å²) in [4.78, 5) is 58.7. The van der Waals surface area contributed by atoms with Gasteiger partial charge in [-0.1, -0.05) is 12.1 Å². The molecule has 0 saturated heterocycles. The van der Waals surface area contributed by atoms with E-state index in [0.717, 1.165) is 0 Å². The van der Waals surface area contributed by atoms with E-state index in [1.807, 2.05) is 0 Å². The Kier molecular flexibility index (Phi) is 10.7. The number of aliphatic hydroxyl groups is 1. The predicted molar refractivity (Wildman–Crippen MR) is 113 cm³/mol. The zero-order valence-corrected chi connectivity index (χ0v) is 17.9. The van der Waals surface area contributed by atoms with Crippen LogP contribution in [-0.4, -0.2) is 80.9 Å². The van der Waals surface area contributed by atoms with Crippen molar-refractivity contribution >= 4 is 29.7 Å². The molecule has 33 heavy (non-hydrogen) atoms. The molecule has 0 aliphatic rings. The van der Waals surface area contributed by atoms with Crippen molar-refractivity contribution in [1.82, 2.24) is 16.0 Å². The van der Waals surface area contributed by atoms with Gasteiger partial charge in [-0.3, -0.25) is 19.2 Å². The number of aliphatic carboxylic acids is 2. The number of amides is 3. The summed E-state index contributed by atoms with van der Waals surface area (Å²) in [6.07, 6.45) is -1.93. The number of rotatable bonds is 13. The average Bonchev–Trinajstić information content (AvgIpc) is 2.74. The van der Waals surface area contributed by atoms with E-state index in [0.29, 0.717) is 5.56 Å². The van der Waals surface area contributed by atoms with Gasteiger partial charge in [-0.05, 0) is 31.0 Å². The molecule has 1 rings (SSSR count). The van der Waals surface area contributed by atoms with Crippen LogP contribution in [0.5, 0.6) is 5.75 Å². The Morgan fingerprint density at radius 2 is 1.61 bits per heavy atom. The number of phenolic OH excluding ortho intramolecular Hbond substituents is 1. The number of hydrogen-bond acceptors (Lipinski definition) is 8. The number of carbonyl (C=O) groups excluding carboxylic acids is 3. The molecule has 0 radical (unpaired) electrons. The maximum Gasteiger partial charge on any atom is 0.328 e. The average molecular weight is 468 g/mol. The standard InChI is InChI=1S/C20H28N4O9/c1-10(25)17(20(32)33)24-15(27)9-22-19(31)14(8-11-2-4-12(26)5-3-11)23-18(30)13(21)6-7-16(28)29/h2-5,10,13-14,17,25-26H,6-9,21H2,1H3,(H,22,31)(H,23,30)(H,24,27)(H,28,29)(H,32,33). The summed E-state index contributed by atoms with van der Waals surface area (Å²) in [6, 6.07) is 1.80. The lowest BCUT2D eigenvalue weighted by Crippen LogP contribution is -2.55. The first-order chi connectivity index (χ1) is 15.4. The van der Waals surface area contributed by atoms with Gasteiger partial charge in [-0.15, -0.1) is 0 Å². The molecule has 0 aliphatic heterocycles. The summed E-state index contributed by atoms with van der Waals surface area (Å²) in [6.45, 7) is 0.539. The van der Waals surface area contributed by atoms with E-state index in [1.54, 1.807) is 0 Å². The molecule has 182 valence electrons. The summed E-state index contributed by atoms with van der Waals surface area (Å²) in [5, 5.41) is 43.3. The second-order valence-corrected chi connectivity index (χ2v) is 7.31. The Balaban J connectivity index is 2.84. The van der Waals surface area contributed by atoms with Crippen LogP contribution in [-0.2, 0) is 30.4 Å². The van der Waals surface area contributed by atoms with Crippen LogP contribution >= 0.6 is 0 Å². The molecule has 1 aromatic rings. The van der Waals surface area contributed by atoms with Gasteiger partial charge in [0.15, 0.2) is 6.04 Å². The number of phenols is 1. The van der Waals surface area contributed by atoms with Crippen LogP contribution in [0.25, 0.3) is 0 Å². The first kappa shape index (κ1) is 27.3. The normalized spacial score (nSPS) is 14.3. The molecule has 0 spiro atoms. The molecule has 0 fully saturated rings. The van der Waals surface area contributed by atoms with E-state index < -0.39 is 60.4 Å². The van der Waals surface area contributed by atoms with Gasteiger partial charge in [0.2, 0.25) is 17.7 Å². The monoisotopic (exact) mass is 468 g/mol. The van der Waals surface area contributed by atoms with Gasteiger partial charge < -0.3 is 42.1 Å². The van der Waals surface area contributed by atoms with Crippen molar-refractivity contribution in [2.45, 2.75) is 50.4 Å². The first-order valence-electron chi connectivity index (χ1n) is 9.94. The Hall–Kier alpha value is -3.71. The Labute approximate surface area is 189 Å². The van der Waals surface area contributed by atoms with Crippen LogP contribution in [0.2, 0.25) is 0 Å². The van der Waals surface area contributed by atoms with Gasteiger partial charge in [-0.2, -0.15) is 0 Å². The number of aliphatic hydroxyl groups excluding tert-OH is 1. The van der Waals surface area contributed by atoms with Crippen molar-refractivity contribution in [3.63, 3.8) is 0 Å². The molecular weight excluding hydrogens is 440 g/mol. The second-order valence-electron chi connectivity index (χ2n) is 7.31. The summed E-state index contributed by atoms with van der Waals surface area (Å²) in [7, 11) is 0. The number of carboxylic acids is 2. The lowest BCUT2D eigenvalue weighted by atomic mass is 10.0. The number of hydrogen-bond donors (Lipinski definition) is 8. The minimum atomic E-state index is -1.57. The largest absolute Gasteiger partial charge is 0.508 e. The number of carboxylic acid groups (broad SMARTS) is 2. The topological polar surface area (TPSA) is 228 Å². The van der Waals surface area contributed by atoms with E-state index in [2.05, 4.69) is 16.0 Å². The number of benzene rings is 1. The minimum absolute atomic E-state index is 0.0118. The third kappa shape index (κ3) is 9.97. The van der Waals surface area contributed by atoms with E-state index in [-0.39, 0.29) is 25.0 Å². The van der Waals surface area contributed by atoms with E-state index in [4.69, 9.17) is 15.9 Å². The molecule has 0 heterocycles. The highest BCUT2D eigenvalue weighted by Gasteiger charge is 2.27. The van der Waals surface area contributed by atoms with Gasteiger partial charge in [0.05, 0.1) is 18.7 Å². The van der Waals surface area contributed by atoms with Crippen LogP contribution in [0.4, 0.5) is 0 Å². The zero-order valence-electron chi connectivity index (χ0n) is 17.9. The van der Waals surface area contributed by atoms with Crippen molar-refractivity contribution in [1.29, 1.82) is 0 Å². The molecule has 4 unspecified atom stereocenters. The highest BCUT2D eigenvalue weighted by atomic mass is 16.4. The molecule has 4 atom stereocenters. The summed E-state index contributed by atoms with van der Waals surface area (Å²) >= 11 is 0. The van der Waals surface area contributed by atoms with Gasteiger partial charge in [0, 0.05) is 12.8 Å². The van der Waals surface area contributed by atoms with Gasteiger partial charge >= 0.3 is 11.9 Å². The molecule has 1 aromatic carbocycles. The van der Waals surface area contributed by atoms with Crippen molar-refractivity contribution in [3.8, 4) is 5.75 Å². The minimum Gasteiger partial charge on any atom is -0.508 e. The van der Waals surface area contributed by atoms with Crippen molar-refractivity contribution in [2.24, 2.45) is 5.73 Å². The second kappa shape index (κ2) is 13.0. The number of aromatic hydroxyl groups is 1. The van der Waals surface area contributed by atoms with Crippen molar-refractivity contribution in [2.75, 3.05) is 6.54 Å². The SMILES string of the molecule is CC(O)C(NC(=O)CNC(=O)C(Cc1ccc(O)cc1)NC(=O)C(N)CCC(=O)O)C(=O)O. The molecule has 0 saturated carbocycles. The highest BCUT2D eigenvalue weighted by Crippen LogP contribution is 2.12. The van der Waals surface area contributed by atoms with Crippen LogP contribution in [0.3, 0.4) is 0 Å². The predicted octanol–water partition coefficient (Wildman–Crippen LogP) is -2.32. The maximum atomic E-state index is 12.6. The van der Waals surface area contributed by atoms with Crippen LogP contribution < -0.4 is 21.7 Å². The molecule has 9 N–H and O–H groups in total. The Morgan fingerprint density at radius 1 is 1.00 bits per heavy atom. The third-order valence-corrected chi connectivity index (χ3v) is 4.50. The quantitative estimate of drug-likeness (QED) is 0.154. The molecule has 3 amide bonds. The Bertz CT molecular complexity index is 858. The summed E-state index contributed by atoms with van der Waals surface area (Å²) in [5.74, 6) is -5.07. The molecule has 13 nitrogen and oxygen atoms in total. The van der Waals surface area contributed by atoms with E-state index in [9.17, 15) is 34.2 Å². The molecule has 0 aromatic heterocycles. The first-order valence-corrected chi connectivity index (χ1v) is 9.94. The van der Waals surface area contributed by atoms with E-state index >= 15 is 0 Å². The molecule has 0 bridgehead atoms. The number of nitrogens with one attached hydrogen (secondary N) is 3. The van der Waals surface area contributed by atoms with Gasteiger partial charge in [0.25, 0.3) is 0 Å². The van der Waals surface area contributed by atoms with E-state index in [1.165, 1.54) is 31.2 Å². The highest BCUT2D eigenvalue weighted by molar-refractivity contribution is 5.93. The third-order valence-electron chi connectivity index (χ3n) is 4.50.